The maximum atomic E-state index is 13.7. The molecular weight excluding hydrogens is 169 g/mol. The lowest BCUT2D eigenvalue weighted by Crippen LogP contribution is -2.34. The zero-order chi connectivity index (χ0) is 9.10. The van der Waals surface area contributed by atoms with Gasteiger partial charge in [-0.25, -0.2) is 4.39 Å². The number of nitrogens with one attached hydrogen (secondary N) is 1. The van der Waals surface area contributed by atoms with Gasteiger partial charge in [-0.15, -0.1) is 0 Å². The van der Waals surface area contributed by atoms with Crippen LogP contribution < -0.4 is 5.32 Å². The highest BCUT2D eigenvalue weighted by atomic mass is 19.1. The number of hydrogen-bond donors (Lipinski definition) is 1. The molecule has 2 unspecified atom stereocenters. The fourth-order valence-corrected chi connectivity index (χ4v) is 1.93. The van der Waals surface area contributed by atoms with Gasteiger partial charge in [0.15, 0.2) is 6.17 Å². The van der Waals surface area contributed by atoms with Crippen molar-refractivity contribution in [2.45, 2.75) is 37.9 Å². The monoisotopic (exact) mass is 185 g/mol. The molecule has 0 aromatic carbocycles. The van der Waals surface area contributed by atoms with Gasteiger partial charge in [0.2, 0.25) is 0 Å². The van der Waals surface area contributed by atoms with Crippen LogP contribution in [0.5, 0.6) is 0 Å². The van der Waals surface area contributed by atoms with E-state index in [9.17, 15) is 4.39 Å². The first-order valence-corrected chi connectivity index (χ1v) is 5.08. The van der Waals surface area contributed by atoms with Crippen molar-refractivity contribution in [3.63, 3.8) is 0 Å². The fourth-order valence-electron chi connectivity index (χ4n) is 1.93. The highest BCUT2D eigenvalue weighted by Gasteiger charge is 2.28. The molecule has 0 aromatic heterocycles. The van der Waals surface area contributed by atoms with Gasteiger partial charge in [0.25, 0.3) is 0 Å². The van der Waals surface area contributed by atoms with Gasteiger partial charge in [0, 0.05) is 6.04 Å². The second-order valence-corrected chi connectivity index (χ2v) is 3.70. The molecule has 2 rings (SSSR count). The van der Waals surface area contributed by atoms with Crippen LogP contribution >= 0.6 is 0 Å². The first kappa shape index (κ1) is 9.00. The van der Waals surface area contributed by atoms with E-state index < -0.39 is 6.17 Å². The third kappa shape index (κ3) is 2.02. The highest BCUT2D eigenvalue weighted by Crippen LogP contribution is 2.22. The molecule has 0 amide bonds. The Kier molecular flexibility index (Phi) is 2.83. The van der Waals surface area contributed by atoms with E-state index in [1.807, 2.05) is 6.08 Å². The van der Waals surface area contributed by atoms with Crippen LogP contribution in [0.15, 0.2) is 11.8 Å². The lowest BCUT2D eigenvalue weighted by Gasteiger charge is -2.22. The molecule has 2 heterocycles. The molecule has 1 fully saturated rings. The van der Waals surface area contributed by atoms with Gasteiger partial charge in [0.1, 0.15) is 5.76 Å². The lowest BCUT2D eigenvalue weighted by atomic mass is 10.1. The molecule has 2 nitrogen and oxygen atoms in total. The van der Waals surface area contributed by atoms with E-state index in [4.69, 9.17) is 4.74 Å². The van der Waals surface area contributed by atoms with Gasteiger partial charge in [-0.3, -0.25) is 0 Å². The zero-order valence-electron chi connectivity index (χ0n) is 7.76. The third-order valence-electron chi connectivity index (χ3n) is 2.69. The molecule has 0 aliphatic carbocycles. The third-order valence-corrected chi connectivity index (χ3v) is 2.69. The number of halogens is 1. The smallest absolute Gasteiger partial charge is 0.172 e. The molecule has 74 valence electrons. The summed E-state index contributed by atoms with van der Waals surface area (Å²) in [7, 11) is 0. The molecule has 13 heavy (non-hydrogen) atoms. The van der Waals surface area contributed by atoms with Crippen LogP contribution in [0.4, 0.5) is 4.39 Å². The molecule has 0 radical (unpaired) electrons. The Hall–Kier alpha value is -0.570. The molecule has 0 aromatic rings. The molecule has 2 aliphatic heterocycles. The van der Waals surface area contributed by atoms with Crippen molar-refractivity contribution in [1.29, 1.82) is 0 Å². The number of alkyl halides is 1. The van der Waals surface area contributed by atoms with Gasteiger partial charge in [0.05, 0.1) is 6.61 Å². The van der Waals surface area contributed by atoms with Gasteiger partial charge in [-0.1, -0.05) is 0 Å². The summed E-state index contributed by atoms with van der Waals surface area (Å²) >= 11 is 0. The molecule has 2 atom stereocenters. The van der Waals surface area contributed by atoms with E-state index in [1.165, 1.54) is 0 Å². The Morgan fingerprint density at radius 3 is 3.08 bits per heavy atom. The molecule has 1 N–H and O–H groups in total. The van der Waals surface area contributed by atoms with Crippen LogP contribution in [0, 0.1) is 0 Å². The quantitative estimate of drug-likeness (QED) is 0.708. The zero-order valence-corrected chi connectivity index (χ0v) is 7.76. The van der Waals surface area contributed by atoms with E-state index >= 15 is 0 Å². The molecule has 0 bridgehead atoms. The average Bonchev–Trinajstić information content (AvgIpc) is 2.71. The minimum absolute atomic E-state index is 0.00986. The average molecular weight is 185 g/mol. The van der Waals surface area contributed by atoms with E-state index in [0.29, 0.717) is 12.4 Å². The summed E-state index contributed by atoms with van der Waals surface area (Å²) in [6.45, 7) is 1.62. The van der Waals surface area contributed by atoms with E-state index in [2.05, 4.69) is 5.32 Å². The number of ether oxygens (including phenoxy) is 1. The van der Waals surface area contributed by atoms with Crippen LogP contribution in [-0.2, 0) is 4.74 Å². The predicted molar refractivity (Wildman–Crippen MR) is 49.2 cm³/mol. The molecular formula is C10H16FNO. The summed E-state index contributed by atoms with van der Waals surface area (Å²) in [4.78, 5) is 0. The van der Waals surface area contributed by atoms with Crippen molar-refractivity contribution in [2.24, 2.45) is 0 Å². The van der Waals surface area contributed by atoms with Crippen LogP contribution in [0.3, 0.4) is 0 Å². The van der Waals surface area contributed by atoms with Crippen molar-refractivity contribution in [3.8, 4) is 0 Å². The van der Waals surface area contributed by atoms with Crippen LogP contribution in [0.1, 0.15) is 25.7 Å². The van der Waals surface area contributed by atoms with Crippen LogP contribution in [0.25, 0.3) is 0 Å². The normalized spacial score (nSPS) is 30.8. The predicted octanol–water partition coefficient (Wildman–Crippen LogP) is 1.77. The molecule has 0 spiro atoms. The first-order chi connectivity index (χ1) is 6.38. The molecule has 2 aliphatic rings. The van der Waals surface area contributed by atoms with Gasteiger partial charge in [-0.2, -0.15) is 0 Å². The first-order valence-electron chi connectivity index (χ1n) is 5.08. The summed E-state index contributed by atoms with van der Waals surface area (Å²) in [5.74, 6) is 0.561. The Morgan fingerprint density at radius 2 is 2.46 bits per heavy atom. The summed E-state index contributed by atoms with van der Waals surface area (Å²) < 4.78 is 19.0. The van der Waals surface area contributed by atoms with Crippen molar-refractivity contribution < 1.29 is 9.13 Å². The van der Waals surface area contributed by atoms with Crippen LogP contribution in [0.2, 0.25) is 0 Å². The summed E-state index contributed by atoms with van der Waals surface area (Å²) in [6.07, 6.45) is 4.97. The van der Waals surface area contributed by atoms with E-state index in [1.54, 1.807) is 0 Å². The lowest BCUT2D eigenvalue weighted by molar-refractivity contribution is 0.125. The SMILES string of the molecule is FC(C1=CCCCO1)C1CCCN1. The van der Waals surface area contributed by atoms with Crippen molar-refractivity contribution >= 4 is 0 Å². The maximum absolute atomic E-state index is 13.7. The Balaban J connectivity index is 1.94. The van der Waals surface area contributed by atoms with Crippen LogP contribution in [-0.4, -0.2) is 25.4 Å². The van der Waals surface area contributed by atoms with E-state index in [0.717, 1.165) is 32.2 Å². The molecule has 3 heteroatoms. The minimum Gasteiger partial charge on any atom is -0.495 e. The minimum atomic E-state index is -0.928. The van der Waals surface area contributed by atoms with Crippen molar-refractivity contribution in [2.75, 3.05) is 13.2 Å². The van der Waals surface area contributed by atoms with Gasteiger partial charge < -0.3 is 10.1 Å². The number of rotatable bonds is 2. The topological polar surface area (TPSA) is 21.3 Å². The summed E-state index contributed by atoms with van der Waals surface area (Å²) in [5, 5.41) is 3.16. The summed E-state index contributed by atoms with van der Waals surface area (Å²) in [5.41, 5.74) is 0. The second-order valence-electron chi connectivity index (χ2n) is 3.70. The second kappa shape index (κ2) is 4.09. The molecule has 0 saturated carbocycles. The van der Waals surface area contributed by atoms with Crippen molar-refractivity contribution in [3.05, 3.63) is 11.8 Å². The van der Waals surface area contributed by atoms with Gasteiger partial charge >= 0.3 is 0 Å². The highest BCUT2D eigenvalue weighted by molar-refractivity contribution is 5.07. The number of hydrogen-bond acceptors (Lipinski definition) is 2. The Morgan fingerprint density at radius 1 is 1.54 bits per heavy atom. The van der Waals surface area contributed by atoms with E-state index in [-0.39, 0.29) is 6.04 Å². The standard InChI is InChI=1S/C10H16FNO/c11-10(8-4-3-6-12-8)9-5-1-2-7-13-9/h5,8,10,12H,1-4,6-7H2. The summed E-state index contributed by atoms with van der Waals surface area (Å²) in [6, 6.07) is -0.00986. The Labute approximate surface area is 78.2 Å². The fraction of sp³-hybridized carbons (Fsp3) is 0.800. The molecule has 1 saturated heterocycles. The maximum Gasteiger partial charge on any atom is 0.172 e. The number of allylic oxidation sites excluding steroid dienone is 1. The van der Waals surface area contributed by atoms with Crippen molar-refractivity contribution in [1.82, 2.24) is 5.32 Å². The Bertz CT molecular complexity index is 199. The van der Waals surface area contributed by atoms with Gasteiger partial charge in [-0.05, 0) is 38.3 Å². The largest absolute Gasteiger partial charge is 0.495 e.